The van der Waals surface area contributed by atoms with Gasteiger partial charge in [0, 0.05) is 0 Å². The van der Waals surface area contributed by atoms with E-state index < -0.39 is 21.8 Å². The molecule has 0 heterocycles. The van der Waals surface area contributed by atoms with Crippen molar-refractivity contribution in [2.45, 2.75) is 0 Å². The van der Waals surface area contributed by atoms with Gasteiger partial charge in [0.1, 0.15) is 0 Å². The Balaban J connectivity index is -0.0000000883. The molecule has 0 bridgehead atoms. The Bertz CT molecular complexity index is 228. The molecule has 0 saturated carbocycles. The van der Waals surface area contributed by atoms with Gasteiger partial charge in [-0.2, -0.15) is 0 Å². The zero-order chi connectivity index (χ0) is 11.3. The Morgan fingerprint density at radius 3 is 1.40 bits per heavy atom. The van der Waals surface area contributed by atoms with E-state index in [9.17, 15) is 14.0 Å². The molecular weight excluding hydrogens is 296 g/mol. The number of carboxylic acid groups (broad SMARTS) is 2. The maximum atomic E-state index is 9.59. The van der Waals surface area contributed by atoms with E-state index >= 15 is 0 Å². The van der Waals surface area contributed by atoms with E-state index in [1.165, 1.54) is 0 Å². The van der Waals surface area contributed by atoms with Crippen LogP contribution in [0.2, 0.25) is 0 Å². The van der Waals surface area contributed by atoms with E-state index in [-0.39, 0.29) is 80.9 Å². The van der Waals surface area contributed by atoms with Crippen LogP contribution in [0.3, 0.4) is 0 Å². The molecule has 0 rings (SSSR count). The summed E-state index contributed by atoms with van der Waals surface area (Å²) in [6, 6.07) is 0. The smallest absolute Gasteiger partial charge is 0.756 e. The van der Waals surface area contributed by atoms with Crippen molar-refractivity contribution >= 4 is 21.8 Å². The molecule has 1 atom stereocenters. The van der Waals surface area contributed by atoms with Gasteiger partial charge in [-0.05, 0) is 0 Å². The summed E-state index contributed by atoms with van der Waals surface area (Å²) in [6.07, 6.45) is -2.08. The maximum Gasteiger partial charge on any atom is 1.00 e. The summed E-state index contributed by atoms with van der Waals surface area (Å²) in [4.78, 5) is 41.0. The Morgan fingerprint density at radius 2 is 1.40 bits per heavy atom. The molecule has 0 spiro atoms. The van der Waals surface area contributed by atoms with Crippen molar-refractivity contribution in [1.82, 2.24) is 0 Å². The number of hydrogen-bond donors (Lipinski definition) is 4. The summed E-state index contributed by atoms with van der Waals surface area (Å²) < 4.78 is 21.9. The molecule has 0 aromatic carbocycles. The zero-order valence-electron chi connectivity index (χ0n) is 7.63. The maximum absolute atomic E-state index is 9.59. The molecule has 14 heteroatoms. The normalized spacial score (nSPS) is 13.1. The summed E-state index contributed by atoms with van der Waals surface area (Å²) in [6.45, 7) is 0. The number of rotatable bonds is 2. The van der Waals surface area contributed by atoms with Crippen LogP contribution in [0.15, 0.2) is 0 Å². The molecule has 10 nitrogen and oxygen atoms in total. The van der Waals surface area contributed by atoms with Crippen LogP contribution in [0.4, 0.5) is 4.79 Å². The first kappa shape index (κ1) is 25.9. The molecule has 0 aromatic rings. The van der Waals surface area contributed by atoms with Crippen molar-refractivity contribution in [3.8, 4) is 0 Å². The summed E-state index contributed by atoms with van der Waals surface area (Å²) in [5.41, 5.74) is 0. The van der Waals surface area contributed by atoms with Gasteiger partial charge in [-0.3, -0.25) is 4.57 Å². The second-order valence-electron chi connectivity index (χ2n) is 1.31. The topological polar surface area (TPSA) is 187 Å². The van der Waals surface area contributed by atoms with Crippen LogP contribution >= 0.6 is 15.6 Å². The minimum atomic E-state index is -5.30. The van der Waals surface area contributed by atoms with Crippen molar-refractivity contribution in [1.29, 1.82) is 0 Å². The third-order valence-corrected chi connectivity index (χ3v) is 1.89. The van der Waals surface area contributed by atoms with Crippen molar-refractivity contribution in [2.75, 3.05) is 0 Å². The first-order valence-corrected chi connectivity index (χ1v) is 5.17. The molecule has 0 aliphatic heterocycles. The summed E-state index contributed by atoms with van der Waals surface area (Å²) in [5, 5.41) is 15.3. The molecule has 15 heavy (non-hydrogen) atoms. The van der Waals surface area contributed by atoms with Gasteiger partial charge in [0.15, 0.2) is 0 Å². The molecule has 0 aromatic heterocycles. The molecule has 0 saturated heterocycles. The first-order valence-electron chi connectivity index (χ1n) is 2.14. The van der Waals surface area contributed by atoms with Gasteiger partial charge < -0.3 is 34.6 Å². The molecule has 0 aliphatic rings. The average molecular weight is 300 g/mol. The van der Waals surface area contributed by atoms with Gasteiger partial charge >= 0.3 is 88.8 Å². The largest absolute Gasteiger partial charge is 1.00 e. The zero-order valence-corrected chi connectivity index (χ0v) is 14.5. The van der Waals surface area contributed by atoms with Gasteiger partial charge in [-0.25, -0.2) is 8.88 Å². The average Bonchev–Trinajstić information content (AvgIpc) is 1.47. The monoisotopic (exact) mass is 300 g/mol. The van der Waals surface area contributed by atoms with Crippen LogP contribution in [0.5, 0.6) is 0 Å². The molecule has 0 fully saturated rings. The van der Waals surface area contributed by atoms with Crippen LogP contribution in [0.25, 0.3) is 0 Å². The molecule has 80 valence electrons. The number of carbonyl (C=O) groups is 1. The van der Waals surface area contributed by atoms with Crippen molar-refractivity contribution in [2.24, 2.45) is 0 Å². The predicted molar refractivity (Wildman–Crippen MR) is 31.0 cm³/mol. The molecule has 1 unspecified atom stereocenters. The van der Waals surface area contributed by atoms with Crippen LogP contribution in [-0.2, 0) is 13.4 Å². The van der Waals surface area contributed by atoms with E-state index in [4.69, 9.17) is 29.7 Å². The van der Waals surface area contributed by atoms with Gasteiger partial charge in [0.05, 0.1) is 0 Å². The Labute approximate surface area is 148 Å². The molecule has 4 N–H and O–H groups in total. The number of phosphoric acid groups is 2. The summed E-state index contributed by atoms with van der Waals surface area (Å²) >= 11 is 0. The van der Waals surface area contributed by atoms with Crippen molar-refractivity contribution < 1.29 is 129 Å². The minimum Gasteiger partial charge on any atom is -0.756 e. The molecule has 0 amide bonds. The second kappa shape index (κ2) is 11.3. The Morgan fingerprint density at radius 1 is 1.20 bits per heavy atom. The number of hydrogen-bond acceptors (Lipinski definition) is 6. The SMILES string of the molecule is O=C([O-])O.O=P([O-])(O)OP(=O)(O)O.[K+].[Na+]. The second-order valence-corrected chi connectivity index (χ2v) is 3.88. The predicted octanol–water partition coefficient (Wildman–Crippen LogP) is -8.55. The fourth-order valence-electron chi connectivity index (χ4n) is 0.134. The minimum absolute atomic E-state index is 0. The van der Waals surface area contributed by atoms with Gasteiger partial charge in [0.25, 0.3) is 7.82 Å². The van der Waals surface area contributed by atoms with E-state index in [0.29, 0.717) is 0 Å². The van der Waals surface area contributed by atoms with Gasteiger partial charge in [0.2, 0.25) is 6.16 Å². The summed E-state index contributed by atoms with van der Waals surface area (Å²) in [7, 11) is -10.4. The Hall–Kier alpha value is 2.17. The fraction of sp³-hybridized carbons (Fsp3) is 0. The van der Waals surface area contributed by atoms with E-state index in [1.54, 1.807) is 0 Å². The van der Waals surface area contributed by atoms with Crippen molar-refractivity contribution in [3.63, 3.8) is 0 Å². The Kier molecular flexibility index (Phi) is 19.4. The first-order chi connectivity index (χ1) is 5.44. The van der Waals surface area contributed by atoms with Crippen LogP contribution < -0.4 is 90.9 Å². The van der Waals surface area contributed by atoms with Gasteiger partial charge in [-0.1, -0.05) is 0 Å². The standard InChI is InChI=1S/CH2O3.K.Na.H4O7P2/c2-1(3)4;;;1-8(2,3)7-9(4,5)6/h(H2,2,3,4);;;(H2,1,2,3)(H2,4,5,6)/q;2*+1;/p-2. The third-order valence-electron chi connectivity index (χ3n) is 0.210. The van der Waals surface area contributed by atoms with Crippen molar-refractivity contribution in [3.05, 3.63) is 0 Å². The summed E-state index contributed by atoms with van der Waals surface area (Å²) in [5.74, 6) is 0. The van der Waals surface area contributed by atoms with Crippen LogP contribution in [0.1, 0.15) is 0 Å². The fourth-order valence-corrected chi connectivity index (χ4v) is 1.21. The van der Waals surface area contributed by atoms with E-state index in [1.807, 2.05) is 0 Å². The quantitative estimate of drug-likeness (QED) is 0.281. The van der Waals surface area contributed by atoms with E-state index in [2.05, 4.69) is 4.31 Å². The van der Waals surface area contributed by atoms with Gasteiger partial charge in [-0.15, -0.1) is 0 Å². The molecule has 0 radical (unpaired) electrons. The van der Waals surface area contributed by atoms with E-state index in [0.717, 1.165) is 0 Å². The molecular formula is CH4KNaO10P2. The molecule has 0 aliphatic carbocycles. The third kappa shape index (κ3) is 48.6. The van der Waals surface area contributed by atoms with Crippen LogP contribution in [0, 0.1) is 0 Å². The van der Waals surface area contributed by atoms with Crippen LogP contribution in [-0.4, -0.2) is 25.9 Å².